The van der Waals surface area contributed by atoms with Crippen LogP contribution in [-0.2, 0) is 13.5 Å². The molecule has 0 radical (unpaired) electrons. The van der Waals surface area contributed by atoms with Crippen LogP contribution >= 0.6 is 31.9 Å². The average Bonchev–Trinajstić information content (AvgIpc) is 2.65. The third-order valence-corrected chi connectivity index (χ3v) is 5.57. The monoisotopic (exact) mass is 400 g/mol. The quantitative estimate of drug-likeness (QED) is 0.610. The molecule has 4 nitrogen and oxygen atoms in total. The van der Waals surface area contributed by atoms with Crippen molar-refractivity contribution in [2.75, 3.05) is 0 Å². The van der Waals surface area contributed by atoms with E-state index in [1.54, 1.807) is 0 Å². The first kappa shape index (κ1) is 15.7. The number of halogens is 2. The highest BCUT2D eigenvalue weighted by molar-refractivity contribution is 9.10. The number of aromatic nitrogens is 2. The smallest absolute Gasteiger partial charge is 0.0738 e. The number of nitrogens with zero attached hydrogens (tertiary/aromatic N) is 2. The fourth-order valence-corrected chi connectivity index (χ4v) is 3.33. The standard InChI is InChI=1S/C14H18Br2N4/c1-8-5-4-6-10(13(8)15)11(18-17)7-12-14(16)9(2)19-20(12)3/h4-6,11,18H,7,17H2,1-3H3. The second-order valence-corrected chi connectivity index (χ2v) is 6.46. The van der Waals surface area contributed by atoms with Gasteiger partial charge in [0.05, 0.1) is 21.9 Å². The lowest BCUT2D eigenvalue weighted by atomic mass is 10.0. The Morgan fingerprint density at radius 3 is 2.55 bits per heavy atom. The number of benzene rings is 1. The Hall–Kier alpha value is -0.690. The highest BCUT2D eigenvalue weighted by atomic mass is 79.9. The lowest BCUT2D eigenvalue weighted by Crippen LogP contribution is -2.30. The minimum atomic E-state index is 0.0235. The van der Waals surface area contributed by atoms with E-state index in [-0.39, 0.29) is 6.04 Å². The number of aryl methyl sites for hydroxylation is 3. The average molecular weight is 402 g/mol. The second-order valence-electron chi connectivity index (χ2n) is 4.87. The minimum absolute atomic E-state index is 0.0235. The summed E-state index contributed by atoms with van der Waals surface area (Å²) < 4.78 is 4.04. The van der Waals surface area contributed by atoms with Gasteiger partial charge >= 0.3 is 0 Å². The summed E-state index contributed by atoms with van der Waals surface area (Å²) in [5.74, 6) is 5.76. The largest absolute Gasteiger partial charge is 0.271 e. The molecule has 6 heteroatoms. The first-order chi connectivity index (χ1) is 9.45. The summed E-state index contributed by atoms with van der Waals surface area (Å²) in [4.78, 5) is 0. The van der Waals surface area contributed by atoms with Crippen molar-refractivity contribution in [3.05, 3.63) is 49.7 Å². The van der Waals surface area contributed by atoms with Crippen molar-refractivity contribution in [1.29, 1.82) is 0 Å². The van der Waals surface area contributed by atoms with E-state index >= 15 is 0 Å². The maximum Gasteiger partial charge on any atom is 0.0738 e. The highest BCUT2D eigenvalue weighted by Gasteiger charge is 2.19. The SMILES string of the molecule is Cc1cccc(C(Cc2c(Br)c(C)nn2C)NN)c1Br. The Labute approximate surface area is 136 Å². The van der Waals surface area contributed by atoms with Gasteiger partial charge in [0.15, 0.2) is 0 Å². The van der Waals surface area contributed by atoms with E-state index in [4.69, 9.17) is 5.84 Å². The number of hydrazine groups is 1. The number of nitrogens with two attached hydrogens (primary N) is 1. The van der Waals surface area contributed by atoms with Crippen LogP contribution in [0.4, 0.5) is 0 Å². The minimum Gasteiger partial charge on any atom is -0.271 e. The van der Waals surface area contributed by atoms with Crippen molar-refractivity contribution < 1.29 is 0 Å². The number of rotatable bonds is 4. The zero-order valence-corrected chi connectivity index (χ0v) is 14.9. The highest BCUT2D eigenvalue weighted by Crippen LogP contribution is 2.30. The molecular weight excluding hydrogens is 384 g/mol. The van der Waals surface area contributed by atoms with Crippen LogP contribution in [0.25, 0.3) is 0 Å². The predicted molar refractivity (Wildman–Crippen MR) is 88.3 cm³/mol. The van der Waals surface area contributed by atoms with Gasteiger partial charge in [-0.3, -0.25) is 16.0 Å². The van der Waals surface area contributed by atoms with E-state index < -0.39 is 0 Å². The van der Waals surface area contributed by atoms with Crippen LogP contribution in [0, 0.1) is 13.8 Å². The van der Waals surface area contributed by atoms with Gasteiger partial charge in [-0.1, -0.05) is 34.1 Å². The van der Waals surface area contributed by atoms with Crippen LogP contribution in [-0.4, -0.2) is 9.78 Å². The summed E-state index contributed by atoms with van der Waals surface area (Å²) in [5, 5.41) is 4.42. The topological polar surface area (TPSA) is 55.9 Å². The van der Waals surface area contributed by atoms with E-state index in [0.29, 0.717) is 0 Å². The molecule has 0 spiro atoms. The number of hydrogen-bond donors (Lipinski definition) is 2. The number of hydrogen-bond acceptors (Lipinski definition) is 3. The van der Waals surface area contributed by atoms with Crippen molar-refractivity contribution in [2.45, 2.75) is 26.3 Å². The van der Waals surface area contributed by atoms with Crippen LogP contribution in [0.1, 0.15) is 28.6 Å². The van der Waals surface area contributed by atoms with E-state index in [2.05, 4.69) is 61.4 Å². The van der Waals surface area contributed by atoms with Crippen molar-refractivity contribution in [3.63, 3.8) is 0 Å². The molecule has 0 amide bonds. The summed E-state index contributed by atoms with van der Waals surface area (Å²) in [6.45, 7) is 4.06. The van der Waals surface area contributed by atoms with Gasteiger partial charge < -0.3 is 0 Å². The van der Waals surface area contributed by atoms with Crippen LogP contribution in [0.5, 0.6) is 0 Å². The summed E-state index contributed by atoms with van der Waals surface area (Å²) in [5.41, 5.74) is 7.37. The molecule has 2 aromatic rings. The van der Waals surface area contributed by atoms with Gasteiger partial charge in [0.2, 0.25) is 0 Å². The Kier molecular flexibility index (Phi) is 5.01. The normalized spacial score (nSPS) is 12.7. The van der Waals surface area contributed by atoms with Crippen molar-refractivity contribution >= 4 is 31.9 Å². The van der Waals surface area contributed by atoms with E-state index in [1.165, 1.54) is 5.56 Å². The summed E-state index contributed by atoms with van der Waals surface area (Å²) in [7, 11) is 1.95. The third-order valence-electron chi connectivity index (χ3n) is 3.46. The van der Waals surface area contributed by atoms with Crippen LogP contribution in [0.2, 0.25) is 0 Å². The van der Waals surface area contributed by atoms with E-state index in [0.717, 1.165) is 32.3 Å². The Morgan fingerprint density at radius 2 is 2.00 bits per heavy atom. The van der Waals surface area contributed by atoms with E-state index in [9.17, 15) is 0 Å². The van der Waals surface area contributed by atoms with E-state index in [1.807, 2.05) is 24.7 Å². The van der Waals surface area contributed by atoms with Crippen molar-refractivity contribution in [1.82, 2.24) is 15.2 Å². The fourth-order valence-electron chi connectivity index (χ4n) is 2.29. The third kappa shape index (κ3) is 2.98. The first-order valence-corrected chi connectivity index (χ1v) is 7.93. The van der Waals surface area contributed by atoms with Gasteiger partial charge in [0.1, 0.15) is 0 Å². The lowest BCUT2D eigenvalue weighted by Gasteiger charge is -2.19. The molecule has 108 valence electrons. The fraction of sp³-hybridized carbons (Fsp3) is 0.357. The molecule has 2 rings (SSSR count). The van der Waals surface area contributed by atoms with Crippen LogP contribution < -0.4 is 11.3 Å². The Morgan fingerprint density at radius 1 is 1.30 bits per heavy atom. The molecule has 0 bridgehead atoms. The molecule has 1 unspecified atom stereocenters. The van der Waals surface area contributed by atoms with Gasteiger partial charge in [-0.2, -0.15) is 5.10 Å². The second kappa shape index (κ2) is 6.39. The molecule has 0 saturated heterocycles. The molecule has 0 aliphatic carbocycles. The summed E-state index contributed by atoms with van der Waals surface area (Å²) in [6, 6.07) is 6.23. The molecule has 20 heavy (non-hydrogen) atoms. The van der Waals surface area contributed by atoms with Crippen LogP contribution in [0.15, 0.2) is 27.1 Å². The molecule has 1 aromatic carbocycles. The molecule has 1 heterocycles. The van der Waals surface area contributed by atoms with Gasteiger partial charge in [-0.25, -0.2) is 0 Å². The van der Waals surface area contributed by atoms with Crippen molar-refractivity contribution in [3.8, 4) is 0 Å². The summed E-state index contributed by atoms with van der Waals surface area (Å²) in [6.07, 6.45) is 0.760. The van der Waals surface area contributed by atoms with Gasteiger partial charge in [-0.15, -0.1) is 0 Å². The van der Waals surface area contributed by atoms with Gasteiger partial charge in [0, 0.05) is 17.9 Å². The molecule has 3 N–H and O–H groups in total. The first-order valence-electron chi connectivity index (χ1n) is 6.34. The maximum absolute atomic E-state index is 5.76. The van der Waals surface area contributed by atoms with Crippen LogP contribution in [0.3, 0.4) is 0 Å². The van der Waals surface area contributed by atoms with Gasteiger partial charge in [0.25, 0.3) is 0 Å². The molecule has 1 atom stereocenters. The van der Waals surface area contributed by atoms with Crippen molar-refractivity contribution in [2.24, 2.45) is 12.9 Å². The predicted octanol–water partition coefficient (Wildman–Crippen LogP) is 3.31. The summed E-state index contributed by atoms with van der Waals surface area (Å²) >= 11 is 7.25. The Balaban J connectivity index is 2.36. The molecular formula is C14H18Br2N4. The molecule has 0 aliphatic rings. The maximum atomic E-state index is 5.76. The lowest BCUT2D eigenvalue weighted by molar-refractivity contribution is 0.527. The van der Waals surface area contributed by atoms with Gasteiger partial charge in [-0.05, 0) is 40.9 Å². The zero-order valence-electron chi connectivity index (χ0n) is 11.7. The molecule has 1 aromatic heterocycles. The zero-order chi connectivity index (χ0) is 14.9. The molecule has 0 aliphatic heterocycles. The number of nitrogens with one attached hydrogen (secondary N) is 1. The molecule has 0 saturated carbocycles. The molecule has 0 fully saturated rings. The Bertz CT molecular complexity index is 622.